The number of carbonyl (C=O) groups is 2. The summed E-state index contributed by atoms with van der Waals surface area (Å²) < 4.78 is 12.2. The maximum Gasteiger partial charge on any atom is 0.276 e. The summed E-state index contributed by atoms with van der Waals surface area (Å²) in [5, 5.41) is 0.369. The number of amides is 2. The van der Waals surface area contributed by atoms with Gasteiger partial charge in [0.15, 0.2) is 13.2 Å². The van der Waals surface area contributed by atoms with Crippen LogP contribution in [0.15, 0.2) is 45.3 Å². The maximum absolute atomic E-state index is 11.7. The Morgan fingerprint density at radius 3 is 2.12 bits per heavy atom. The molecule has 0 spiro atoms. The van der Waals surface area contributed by atoms with E-state index in [4.69, 9.17) is 21.1 Å². The molecule has 0 fully saturated rings. The number of nitrogens with one attached hydrogen (secondary N) is 2. The van der Waals surface area contributed by atoms with Gasteiger partial charge >= 0.3 is 0 Å². The highest BCUT2D eigenvalue weighted by Gasteiger charge is 2.09. The van der Waals surface area contributed by atoms with E-state index in [1.165, 1.54) is 0 Å². The minimum atomic E-state index is -0.533. The lowest BCUT2D eigenvalue weighted by Crippen LogP contribution is -2.45. The Balaban J connectivity index is 1.72. The van der Waals surface area contributed by atoms with E-state index in [1.807, 2.05) is 19.1 Å². The number of carbonyl (C=O) groups excluding carboxylic acids is 2. The molecule has 2 amide bonds. The monoisotopic (exact) mass is 504 g/mol. The molecule has 0 aromatic heterocycles. The summed E-state index contributed by atoms with van der Waals surface area (Å²) >= 11 is 12.6. The van der Waals surface area contributed by atoms with Gasteiger partial charge in [0.1, 0.15) is 11.5 Å². The van der Waals surface area contributed by atoms with Crippen LogP contribution in [0.25, 0.3) is 0 Å². The lowest BCUT2D eigenvalue weighted by atomic mass is 10.2. The Kier molecular flexibility index (Phi) is 7.74. The topological polar surface area (TPSA) is 76.7 Å². The second kappa shape index (κ2) is 9.80. The highest BCUT2D eigenvalue weighted by Crippen LogP contribution is 2.27. The van der Waals surface area contributed by atoms with Crippen molar-refractivity contribution >= 4 is 55.3 Å². The van der Waals surface area contributed by atoms with Crippen molar-refractivity contribution in [2.75, 3.05) is 13.2 Å². The summed E-state index contributed by atoms with van der Waals surface area (Å²) in [5.74, 6) is -0.143. The second-order valence-electron chi connectivity index (χ2n) is 5.18. The molecule has 26 heavy (non-hydrogen) atoms. The molecule has 0 radical (unpaired) electrons. The van der Waals surface area contributed by atoms with Crippen LogP contribution in [0.4, 0.5) is 0 Å². The number of hydrogen-bond acceptors (Lipinski definition) is 4. The zero-order chi connectivity index (χ0) is 19.1. The van der Waals surface area contributed by atoms with Gasteiger partial charge in [0, 0.05) is 4.47 Å². The van der Waals surface area contributed by atoms with Crippen molar-refractivity contribution in [3.8, 4) is 11.5 Å². The van der Waals surface area contributed by atoms with Gasteiger partial charge in [-0.2, -0.15) is 0 Å². The van der Waals surface area contributed by atoms with Gasteiger partial charge in [-0.05, 0) is 58.7 Å². The predicted octanol–water partition coefficient (Wildman–Crippen LogP) is 3.78. The van der Waals surface area contributed by atoms with Gasteiger partial charge in [0.2, 0.25) is 0 Å². The fourth-order valence-electron chi connectivity index (χ4n) is 1.81. The average Bonchev–Trinajstić information content (AvgIpc) is 2.58. The van der Waals surface area contributed by atoms with Crippen LogP contribution < -0.4 is 20.3 Å². The van der Waals surface area contributed by atoms with Crippen LogP contribution in [0.3, 0.4) is 0 Å². The van der Waals surface area contributed by atoms with Crippen molar-refractivity contribution in [3.05, 3.63) is 55.9 Å². The van der Waals surface area contributed by atoms with E-state index in [0.29, 0.717) is 16.5 Å². The number of aryl methyl sites for hydroxylation is 1. The third-order valence-electron chi connectivity index (χ3n) is 3.04. The zero-order valence-electron chi connectivity index (χ0n) is 13.6. The van der Waals surface area contributed by atoms with Crippen molar-refractivity contribution in [3.63, 3.8) is 0 Å². The first-order valence-electron chi connectivity index (χ1n) is 7.39. The SMILES string of the molecule is Cc1ccc(OCC(=O)NNC(=O)COc2ccc(Br)cc2Cl)c(Br)c1. The van der Waals surface area contributed by atoms with Crippen LogP contribution >= 0.6 is 43.5 Å². The van der Waals surface area contributed by atoms with Gasteiger partial charge in [-0.3, -0.25) is 20.4 Å². The lowest BCUT2D eigenvalue weighted by molar-refractivity contribution is -0.131. The van der Waals surface area contributed by atoms with Crippen molar-refractivity contribution in [2.24, 2.45) is 0 Å². The van der Waals surface area contributed by atoms with Gasteiger partial charge in [-0.15, -0.1) is 0 Å². The Bertz CT molecular complexity index is 750. The molecular formula is C17H15Br2ClN2O4. The number of benzene rings is 2. The molecule has 0 bridgehead atoms. The molecule has 2 rings (SSSR count). The van der Waals surface area contributed by atoms with Crippen LogP contribution in [-0.2, 0) is 9.59 Å². The van der Waals surface area contributed by atoms with Crippen LogP contribution in [0.1, 0.15) is 5.56 Å². The minimum Gasteiger partial charge on any atom is -0.483 e. The highest BCUT2D eigenvalue weighted by atomic mass is 79.9. The molecular weight excluding hydrogens is 491 g/mol. The van der Waals surface area contributed by atoms with Gasteiger partial charge in [-0.25, -0.2) is 0 Å². The highest BCUT2D eigenvalue weighted by molar-refractivity contribution is 9.10. The Morgan fingerprint density at radius 1 is 0.962 bits per heavy atom. The molecule has 0 saturated heterocycles. The van der Waals surface area contributed by atoms with Crippen molar-refractivity contribution in [2.45, 2.75) is 6.92 Å². The van der Waals surface area contributed by atoms with Crippen molar-refractivity contribution in [1.82, 2.24) is 10.9 Å². The van der Waals surface area contributed by atoms with E-state index in [9.17, 15) is 9.59 Å². The first kappa shape index (κ1) is 20.5. The van der Waals surface area contributed by atoms with E-state index >= 15 is 0 Å². The fraction of sp³-hybridized carbons (Fsp3) is 0.176. The Morgan fingerprint density at radius 2 is 1.54 bits per heavy atom. The third-order valence-corrected chi connectivity index (χ3v) is 4.45. The summed E-state index contributed by atoms with van der Waals surface area (Å²) in [5.41, 5.74) is 5.54. The average molecular weight is 507 g/mol. The standard InChI is InChI=1S/C17H15Br2ClN2O4/c1-10-2-4-14(12(19)6-10)25-8-16(23)21-22-17(24)9-26-15-5-3-11(18)7-13(15)20/h2-7H,8-9H2,1H3,(H,21,23)(H,22,24). The predicted molar refractivity (Wildman–Crippen MR) is 105 cm³/mol. The number of rotatable bonds is 6. The van der Waals surface area contributed by atoms with Gasteiger partial charge in [0.25, 0.3) is 11.8 Å². The smallest absolute Gasteiger partial charge is 0.276 e. The van der Waals surface area contributed by atoms with Gasteiger partial charge in [0.05, 0.1) is 9.50 Å². The summed E-state index contributed by atoms with van der Waals surface area (Å²) in [6.07, 6.45) is 0. The number of hydrazine groups is 1. The quantitative estimate of drug-likeness (QED) is 0.585. The maximum atomic E-state index is 11.7. The Labute approximate surface area is 172 Å². The van der Waals surface area contributed by atoms with Crippen LogP contribution in [0.5, 0.6) is 11.5 Å². The summed E-state index contributed by atoms with van der Waals surface area (Å²) in [6, 6.07) is 10.5. The zero-order valence-corrected chi connectivity index (χ0v) is 17.6. The van der Waals surface area contributed by atoms with Gasteiger partial charge in [-0.1, -0.05) is 33.6 Å². The largest absolute Gasteiger partial charge is 0.483 e. The number of ether oxygens (including phenoxy) is 2. The summed E-state index contributed by atoms with van der Waals surface area (Å²) in [7, 11) is 0. The molecule has 0 heterocycles. The molecule has 0 aliphatic carbocycles. The molecule has 0 atom stereocenters. The molecule has 2 aromatic rings. The van der Waals surface area contributed by atoms with Crippen LogP contribution in [0, 0.1) is 6.92 Å². The molecule has 0 unspecified atom stereocenters. The molecule has 9 heteroatoms. The lowest BCUT2D eigenvalue weighted by Gasteiger charge is -2.11. The summed E-state index contributed by atoms with van der Waals surface area (Å²) in [4.78, 5) is 23.4. The number of halogens is 3. The molecule has 6 nitrogen and oxygen atoms in total. The van der Waals surface area contributed by atoms with Crippen molar-refractivity contribution < 1.29 is 19.1 Å². The molecule has 138 valence electrons. The summed E-state index contributed by atoms with van der Waals surface area (Å²) in [6.45, 7) is 1.40. The van der Waals surface area contributed by atoms with Crippen LogP contribution in [-0.4, -0.2) is 25.0 Å². The molecule has 2 aromatic carbocycles. The molecule has 0 aliphatic heterocycles. The Hall–Kier alpha value is -1.77. The van der Waals surface area contributed by atoms with E-state index in [0.717, 1.165) is 14.5 Å². The first-order chi connectivity index (χ1) is 12.3. The number of hydrogen-bond donors (Lipinski definition) is 2. The minimum absolute atomic E-state index is 0.249. The van der Waals surface area contributed by atoms with E-state index in [-0.39, 0.29) is 13.2 Å². The molecule has 0 aliphatic rings. The second-order valence-corrected chi connectivity index (χ2v) is 7.36. The third kappa shape index (κ3) is 6.51. The van der Waals surface area contributed by atoms with Crippen molar-refractivity contribution in [1.29, 1.82) is 0 Å². The fourth-order valence-corrected chi connectivity index (χ4v) is 3.15. The van der Waals surface area contributed by atoms with E-state index in [1.54, 1.807) is 24.3 Å². The van der Waals surface area contributed by atoms with E-state index in [2.05, 4.69) is 42.7 Å². The first-order valence-corrected chi connectivity index (χ1v) is 9.36. The molecule has 0 saturated carbocycles. The molecule has 2 N–H and O–H groups in total. The van der Waals surface area contributed by atoms with E-state index < -0.39 is 11.8 Å². The normalized spacial score (nSPS) is 10.2. The van der Waals surface area contributed by atoms with Gasteiger partial charge < -0.3 is 9.47 Å². The van der Waals surface area contributed by atoms with Crippen LogP contribution in [0.2, 0.25) is 5.02 Å².